The lowest BCUT2D eigenvalue weighted by atomic mass is 9.87. The van der Waals surface area contributed by atoms with Gasteiger partial charge in [-0.2, -0.15) is 5.10 Å². The summed E-state index contributed by atoms with van der Waals surface area (Å²) in [5.41, 5.74) is 5.25. The van der Waals surface area contributed by atoms with Gasteiger partial charge >= 0.3 is 0 Å². The summed E-state index contributed by atoms with van der Waals surface area (Å²) in [6, 6.07) is 20.5. The van der Waals surface area contributed by atoms with Gasteiger partial charge in [0.15, 0.2) is 0 Å². The molecule has 0 saturated carbocycles. The van der Waals surface area contributed by atoms with E-state index in [4.69, 9.17) is 0 Å². The minimum absolute atomic E-state index is 0.0718. The number of hydrazone groups is 1. The monoisotopic (exact) mass is 431 g/mol. The molecule has 2 amide bonds. The fourth-order valence-electron chi connectivity index (χ4n) is 2.75. The lowest BCUT2D eigenvalue weighted by Gasteiger charge is -2.18. The molecular formula is C25H25N3O2S. The number of benzene rings is 2. The number of hydrogen-bond acceptors (Lipinski definition) is 4. The summed E-state index contributed by atoms with van der Waals surface area (Å²) in [6.45, 7) is 6.46. The Kier molecular flexibility index (Phi) is 7.15. The molecular weight excluding hydrogens is 406 g/mol. The van der Waals surface area contributed by atoms with Gasteiger partial charge in [-0.1, -0.05) is 69.3 Å². The summed E-state index contributed by atoms with van der Waals surface area (Å²) in [5, 5.41) is 8.64. The number of carbonyl (C=O) groups is 2. The highest BCUT2D eigenvalue weighted by Gasteiger charge is 2.15. The zero-order valence-electron chi connectivity index (χ0n) is 17.8. The summed E-state index contributed by atoms with van der Waals surface area (Å²) >= 11 is 1.47. The molecule has 1 aromatic heterocycles. The zero-order valence-corrected chi connectivity index (χ0v) is 18.6. The van der Waals surface area contributed by atoms with Crippen LogP contribution in [0.5, 0.6) is 0 Å². The van der Waals surface area contributed by atoms with Crippen molar-refractivity contribution < 1.29 is 9.59 Å². The first kappa shape index (κ1) is 22.2. The minimum Gasteiger partial charge on any atom is -0.317 e. The largest absolute Gasteiger partial charge is 0.317 e. The van der Waals surface area contributed by atoms with Gasteiger partial charge in [0.05, 0.1) is 6.21 Å². The van der Waals surface area contributed by atoms with Crippen LogP contribution in [-0.4, -0.2) is 18.0 Å². The maximum Gasteiger partial charge on any atom is 0.287 e. The van der Waals surface area contributed by atoms with Crippen LogP contribution in [0.15, 0.2) is 82.9 Å². The van der Waals surface area contributed by atoms with Crippen molar-refractivity contribution in [2.75, 3.05) is 0 Å². The van der Waals surface area contributed by atoms with Gasteiger partial charge in [-0.25, -0.2) is 5.43 Å². The molecule has 158 valence electrons. The average Bonchev–Trinajstić information content (AvgIpc) is 3.26. The highest BCUT2D eigenvalue weighted by molar-refractivity contribution is 7.10. The minimum atomic E-state index is -0.500. The highest BCUT2D eigenvalue weighted by atomic mass is 32.1. The second-order valence-corrected chi connectivity index (χ2v) is 8.94. The van der Waals surface area contributed by atoms with Crippen LogP contribution in [0.4, 0.5) is 0 Å². The Morgan fingerprint density at radius 3 is 2.26 bits per heavy atom. The molecule has 3 aromatic rings. The fraction of sp³-hybridized carbons (Fsp3) is 0.160. The van der Waals surface area contributed by atoms with Gasteiger partial charge in [-0.15, -0.1) is 11.3 Å². The maximum atomic E-state index is 12.7. The first-order chi connectivity index (χ1) is 14.8. The fourth-order valence-corrected chi connectivity index (χ4v) is 3.41. The molecule has 0 saturated heterocycles. The van der Waals surface area contributed by atoms with Crippen LogP contribution in [0.2, 0.25) is 0 Å². The number of amides is 2. The number of nitrogens with one attached hydrogen (secondary N) is 2. The standard InChI is InChI=1S/C25H25N3O2S/c1-25(2,3)20-13-11-18(12-14-20)17-26-28-24(30)22(16-21-10-7-15-31-21)27-23(29)19-8-5-4-6-9-19/h4-17H,1-3H3,(H,27,29)(H,28,30)/b22-16-,26-17+. The molecule has 6 heteroatoms. The van der Waals surface area contributed by atoms with Crippen molar-refractivity contribution in [1.82, 2.24) is 10.7 Å². The molecule has 0 unspecified atom stereocenters. The normalized spacial score (nSPS) is 12.0. The van der Waals surface area contributed by atoms with E-state index in [0.29, 0.717) is 5.56 Å². The lowest BCUT2D eigenvalue weighted by molar-refractivity contribution is -0.117. The predicted molar refractivity (Wildman–Crippen MR) is 127 cm³/mol. The summed E-state index contributed by atoms with van der Waals surface area (Å²) in [4.78, 5) is 26.1. The molecule has 0 spiro atoms. The maximum absolute atomic E-state index is 12.7. The topological polar surface area (TPSA) is 70.6 Å². The van der Waals surface area contributed by atoms with E-state index in [9.17, 15) is 9.59 Å². The Bertz CT molecular complexity index is 1080. The number of nitrogens with zero attached hydrogens (tertiary/aromatic N) is 1. The molecule has 5 nitrogen and oxygen atoms in total. The lowest BCUT2D eigenvalue weighted by Crippen LogP contribution is -2.32. The second-order valence-electron chi connectivity index (χ2n) is 7.96. The first-order valence-electron chi connectivity index (χ1n) is 9.88. The van der Waals surface area contributed by atoms with Crippen LogP contribution in [0.25, 0.3) is 6.08 Å². The molecule has 0 atom stereocenters. The van der Waals surface area contributed by atoms with Crippen molar-refractivity contribution in [2.45, 2.75) is 26.2 Å². The number of carbonyl (C=O) groups excluding carboxylic acids is 2. The molecule has 2 N–H and O–H groups in total. The molecule has 31 heavy (non-hydrogen) atoms. The number of rotatable bonds is 6. The summed E-state index contributed by atoms with van der Waals surface area (Å²) in [6.07, 6.45) is 3.21. The van der Waals surface area contributed by atoms with Gasteiger partial charge in [0, 0.05) is 10.4 Å². The molecule has 3 rings (SSSR count). The third-order valence-electron chi connectivity index (χ3n) is 4.52. The predicted octanol–water partition coefficient (Wildman–Crippen LogP) is 4.97. The van der Waals surface area contributed by atoms with Crippen molar-refractivity contribution in [1.29, 1.82) is 0 Å². The van der Waals surface area contributed by atoms with E-state index in [2.05, 4.69) is 36.6 Å². The number of hydrogen-bond donors (Lipinski definition) is 2. The van der Waals surface area contributed by atoms with Crippen LogP contribution in [0.3, 0.4) is 0 Å². The van der Waals surface area contributed by atoms with Crippen LogP contribution in [0, 0.1) is 0 Å². The van der Waals surface area contributed by atoms with Crippen molar-refractivity contribution in [2.24, 2.45) is 5.10 Å². The van der Waals surface area contributed by atoms with Gasteiger partial charge in [0.25, 0.3) is 11.8 Å². The molecule has 2 aromatic carbocycles. The zero-order chi connectivity index (χ0) is 22.3. The first-order valence-corrected chi connectivity index (χ1v) is 10.8. The van der Waals surface area contributed by atoms with Gasteiger partial charge < -0.3 is 5.32 Å². The molecule has 0 fully saturated rings. The summed E-state index contributed by atoms with van der Waals surface area (Å²) in [5.74, 6) is -0.861. The van der Waals surface area contributed by atoms with Gasteiger partial charge in [0.1, 0.15) is 5.70 Å². The average molecular weight is 432 g/mol. The summed E-state index contributed by atoms with van der Waals surface area (Å²) in [7, 11) is 0. The number of thiophene rings is 1. The Balaban J connectivity index is 1.71. The van der Waals surface area contributed by atoms with Gasteiger partial charge in [-0.3, -0.25) is 9.59 Å². The van der Waals surface area contributed by atoms with Gasteiger partial charge in [0.2, 0.25) is 0 Å². The molecule has 0 aliphatic carbocycles. The van der Waals surface area contributed by atoms with Crippen LogP contribution in [-0.2, 0) is 10.2 Å². The van der Waals surface area contributed by atoms with Crippen LogP contribution in [0.1, 0.15) is 47.1 Å². The second kappa shape index (κ2) is 10.00. The van der Waals surface area contributed by atoms with Crippen LogP contribution >= 0.6 is 11.3 Å². The van der Waals surface area contributed by atoms with E-state index in [1.807, 2.05) is 47.8 Å². The van der Waals surface area contributed by atoms with Crippen molar-refractivity contribution >= 4 is 35.4 Å². The molecule has 0 aliphatic rings. The van der Waals surface area contributed by atoms with E-state index in [1.54, 1.807) is 36.6 Å². The Hall–Kier alpha value is -3.51. The third-order valence-corrected chi connectivity index (χ3v) is 5.33. The van der Waals surface area contributed by atoms with Crippen LogP contribution < -0.4 is 10.7 Å². The van der Waals surface area contributed by atoms with E-state index in [0.717, 1.165) is 10.4 Å². The molecule has 0 radical (unpaired) electrons. The van der Waals surface area contributed by atoms with Crippen molar-refractivity contribution in [3.8, 4) is 0 Å². The molecule has 0 bridgehead atoms. The summed E-state index contributed by atoms with van der Waals surface area (Å²) < 4.78 is 0. The van der Waals surface area contributed by atoms with Crippen molar-refractivity contribution in [3.05, 3.63) is 99.4 Å². The van der Waals surface area contributed by atoms with E-state index in [1.165, 1.54) is 16.9 Å². The van der Waals surface area contributed by atoms with Crippen molar-refractivity contribution in [3.63, 3.8) is 0 Å². The smallest absolute Gasteiger partial charge is 0.287 e. The van der Waals surface area contributed by atoms with E-state index in [-0.39, 0.29) is 17.0 Å². The van der Waals surface area contributed by atoms with E-state index < -0.39 is 5.91 Å². The quantitative estimate of drug-likeness (QED) is 0.329. The highest BCUT2D eigenvalue weighted by Crippen LogP contribution is 2.21. The van der Waals surface area contributed by atoms with Gasteiger partial charge in [-0.05, 0) is 46.2 Å². The Morgan fingerprint density at radius 1 is 0.935 bits per heavy atom. The Morgan fingerprint density at radius 2 is 1.65 bits per heavy atom. The van der Waals surface area contributed by atoms with E-state index >= 15 is 0 Å². The molecule has 0 aliphatic heterocycles. The SMILES string of the molecule is CC(C)(C)c1ccc(/C=N/NC(=O)/C(=C/c2cccs2)NC(=O)c2ccccc2)cc1. The molecule has 1 heterocycles. The Labute approximate surface area is 186 Å². The third kappa shape index (κ3) is 6.49.